The van der Waals surface area contributed by atoms with Crippen LogP contribution in [0.25, 0.3) is 0 Å². The molecule has 0 radical (unpaired) electrons. The summed E-state index contributed by atoms with van der Waals surface area (Å²) in [4.78, 5) is 0. The van der Waals surface area contributed by atoms with E-state index in [0.29, 0.717) is 18.7 Å². The average Bonchev–Trinajstić information content (AvgIpc) is 2.78. The number of hydrogen-bond acceptors (Lipinski definition) is 4. The van der Waals surface area contributed by atoms with E-state index >= 15 is 0 Å². The van der Waals surface area contributed by atoms with Gasteiger partial charge in [-0.1, -0.05) is 13.8 Å². The Kier molecular flexibility index (Phi) is 5.77. The van der Waals surface area contributed by atoms with Crippen LogP contribution in [0.5, 0.6) is 0 Å². The standard InChI is InChI=1S/C11H22N4O2S/c1-4-6-12-8-10-9-13-14-11(10)18(16,17)15(3)7-5-2/h9,12H,4-8H2,1-3H3,(H,13,14). The molecule has 2 N–H and O–H groups in total. The molecule has 0 atom stereocenters. The fraction of sp³-hybridized carbons (Fsp3) is 0.727. The monoisotopic (exact) mass is 274 g/mol. The Morgan fingerprint density at radius 1 is 1.39 bits per heavy atom. The summed E-state index contributed by atoms with van der Waals surface area (Å²) in [6, 6.07) is 0. The molecule has 0 bridgehead atoms. The van der Waals surface area contributed by atoms with Crippen molar-refractivity contribution in [2.45, 2.75) is 38.3 Å². The van der Waals surface area contributed by atoms with Gasteiger partial charge in [0.05, 0.1) is 6.20 Å². The average molecular weight is 274 g/mol. The van der Waals surface area contributed by atoms with E-state index in [1.54, 1.807) is 13.2 Å². The van der Waals surface area contributed by atoms with E-state index in [4.69, 9.17) is 0 Å². The number of aromatic amines is 1. The molecule has 18 heavy (non-hydrogen) atoms. The molecule has 0 spiro atoms. The van der Waals surface area contributed by atoms with Crippen molar-refractivity contribution in [3.8, 4) is 0 Å². The first-order valence-corrected chi connectivity index (χ1v) is 7.67. The van der Waals surface area contributed by atoms with Gasteiger partial charge in [-0.2, -0.15) is 9.40 Å². The fourth-order valence-electron chi connectivity index (χ4n) is 1.64. The second-order valence-electron chi connectivity index (χ2n) is 4.23. The predicted molar refractivity (Wildman–Crippen MR) is 70.7 cm³/mol. The first-order chi connectivity index (χ1) is 8.54. The molecule has 1 aromatic rings. The molecule has 0 saturated heterocycles. The normalized spacial score (nSPS) is 12.2. The van der Waals surface area contributed by atoms with Crippen LogP contribution >= 0.6 is 0 Å². The van der Waals surface area contributed by atoms with Gasteiger partial charge in [-0.05, 0) is 19.4 Å². The van der Waals surface area contributed by atoms with E-state index in [-0.39, 0.29) is 5.03 Å². The van der Waals surface area contributed by atoms with Crippen LogP contribution in [0.2, 0.25) is 0 Å². The van der Waals surface area contributed by atoms with Crippen LogP contribution in [-0.4, -0.2) is 43.1 Å². The molecule has 0 saturated carbocycles. The van der Waals surface area contributed by atoms with Gasteiger partial charge in [-0.25, -0.2) is 8.42 Å². The Balaban J connectivity index is 2.85. The van der Waals surface area contributed by atoms with Crippen LogP contribution in [0.3, 0.4) is 0 Å². The van der Waals surface area contributed by atoms with Crippen molar-refractivity contribution in [3.05, 3.63) is 11.8 Å². The molecule has 7 heteroatoms. The van der Waals surface area contributed by atoms with Crippen LogP contribution in [-0.2, 0) is 16.6 Å². The zero-order valence-electron chi connectivity index (χ0n) is 11.2. The maximum atomic E-state index is 12.3. The quantitative estimate of drug-likeness (QED) is 0.692. The fourth-order valence-corrected chi connectivity index (χ4v) is 3.00. The summed E-state index contributed by atoms with van der Waals surface area (Å²) in [7, 11) is -1.86. The molecule has 0 fully saturated rings. The predicted octanol–water partition coefficient (Wildman–Crippen LogP) is 0.940. The van der Waals surface area contributed by atoms with Crippen molar-refractivity contribution in [3.63, 3.8) is 0 Å². The highest BCUT2D eigenvalue weighted by molar-refractivity contribution is 7.89. The molecule has 1 heterocycles. The molecule has 104 valence electrons. The number of nitrogens with one attached hydrogen (secondary N) is 2. The smallest absolute Gasteiger partial charge is 0.260 e. The van der Waals surface area contributed by atoms with Crippen LogP contribution in [0.4, 0.5) is 0 Å². The SMILES string of the molecule is CCCNCc1cn[nH]c1S(=O)(=O)N(C)CCC. The lowest BCUT2D eigenvalue weighted by Crippen LogP contribution is -2.29. The van der Waals surface area contributed by atoms with E-state index in [1.807, 2.05) is 6.92 Å². The Labute approximate surface area is 109 Å². The van der Waals surface area contributed by atoms with Gasteiger partial charge in [0.25, 0.3) is 10.0 Å². The highest BCUT2D eigenvalue weighted by atomic mass is 32.2. The number of rotatable bonds is 8. The Hall–Kier alpha value is -0.920. The van der Waals surface area contributed by atoms with Gasteiger partial charge in [0.1, 0.15) is 0 Å². The van der Waals surface area contributed by atoms with Crippen LogP contribution in [0, 0.1) is 0 Å². The summed E-state index contributed by atoms with van der Waals surface area (Å²) in [5, 5.41) is 9.81. The molecule has 6 nitrogen and oxygen atoms in total. The van der Waals surface area contributed by atoms with Gasteiger partial charge >= 0.3 is 0 Å². The first-order valence-electron chi connectivity index (χ1n) is 6.23. The minimum Gasteiger partial charge on any atom is -0.313 e. The lowest BCUT2D eigenvalue weighted by atomic mass is 10.3. The number of H-pyrrole nitrogens is 1. The van der Waals surface area contributed by atoms with Gasteiger partial charge in [-0.15, -0.1) is 0 Å². The minimum atomic E-state index is -3.45. The maximum Gasteiger partial charge on any atom is 0.260 e. The van der Waals surface area contributed by atoms with Gasteiger partial charge in [-0.3, -0.25) is 5.10 Å². The van der Waals surface area contributed by atoms with E-state index in [2.05, 4.69) is 22.4 Å². The first kappa shape index (κ1) is 15.1. The molecule has 0 aliphatic heterocycles. The number of sulfonamides is 1. The van der Waals surface area contributed by atoms with Gasteiger partial charge < -0.3 is 5.32 Å². The topological polar surface area (TPSA) is 78.1 Å². The largest absolute Gasteiger partial charge is 0.313 e. The molecule has 1 aromatic heterocycles. The number of hydrogen-bond donors (Lipinski definition) is 2. The molecule has 0 unspecified atom stereocenters. The highest BCUT2D eigenvalue weighted by Crippen LogP contribution is 2.16. The van der Waals surface area contributed by atoms with E-state index < -0.39 is 10.0 Å². The van der Waals surface area contributed by atoms with Crippen molar-refractivity contribution < 1.29 is 8.42 Å². The summed E-state index contributed by atoms with van der Waals surface area (Å²) in [5.41, 5.74) is 0.686. The molecule has 0 aliphatic rings. The highest BCUT2D eigenvalue weighted by Gasteiger charge is 2.24. The second kappa shape index (κ2) is 6.86. The van der Waals surface area contributed by atoms with Crippen molar-refractivity contribution in [2.75, 3.05) is 20.1 Å². The zero-order chi connectivity index (χ0) is 13.6. The lowest BCUT2D eigenvalue weighted by molar-refractivity contribution is 0.464. The van der Waals surface area contributed by atoms with Crippen LogP contribution in [0.1, 0.15) is 32.3 Å². The Morgan fingerprint density at radius 2 is 2.11 bits per heavy atom. The molecule has 0 amide bonds. The van der Waals surface area contributed by atoms with Crippen molar-refractivity contribution in [1.82, 2.24) is 19.8 Å². The Morgan fingerprint density at radius 3 is 2.72 bits per heavy atom. The van der Waals surface area contributed by atoms with Gasteiger partial charge in [0, 0.05) is 25.7 Å². The van der Waals surface area contributed by atoms with E-state index in [0.717, 1.165) is 19.4 Å². The third-order valence-corrected chi connectivity index (χ3v) is 4.50. The van der Waals surface area contributed by atoms with E-state index in [1.165, 1.54) is 4.31 Å². The van der Waals surface area contributed by atoms with Gasteiger partial charge in [0.2, 0.25) is 0 Å². The maximum absolute atomic E-state index is 12.3. The van der Waals surface area contributed by atoms with E-state index in [9.17, 15) is 8.42 Å². The molecular formula is C11H22N4O2S. The third kappa shape index (κ3) is 3.54. The molecule has 0 aromatic carbocycles. The molecular weight excluding hydrogens is 252 g/mol. The van der Waals surface area contributed by atoms with Crippen molar-refractivity contribution >= 4 is 10.0 Å². The zero-order valence-corrected chi connectivity index (χ0v) is 12.0. The second-order valence-corrected chi connectivity index (χ2v) is 6.21. The third-order valence-electron chi connectivity index (χ3n) is 2.63. The minimum absolute atomic E-state index is 0.196. The summed E-state index contributed by atoms with van der Waals surface area (Å²) < 4.78 is 25.9. The van der Waals surface area contributed by atoms with Crippen molar-refractivity contribution in [1.29, 1.82) is 0 Å². The Bertz CT molecular complexity index is 455. The molecule has 0 aliphatic carbocycles. The van der Waals surface area contributed by atoms with Crippen LogP contribution in [0.15, 0.2) is 11.2 Å². The summed E-state index contributed by atoms with van der Waals surface area (Å²) >= 11 is 0. The summed E-state index contributed by atoms with van der Waals surface area (Å²) in [6.45, 7) is 5.88. The van der Waals surface area contributed by atoms with Crippen LogP contribution < -0.4 is 5.32 Å². The number of nitrogens with zero attached hydrogens (tertiary/aromatic N) is 2. The summed E-state index contributed by atoms with van der Waals surface area (Å²) in [5.74, 6) is 0. The number of aromatic nitrogens is 2. The molecule has 1 rings (SSSR count). The van der Waals surface area contributed by atoms with Crippen molar-refractivity contribution in [2.24, 2.45) is 0 Å². The summed E-state index contributed by atoms with van der Waals surface area (Å²) in [6.07, 6.45) is 3.36. The lowest BCUT2D eigenvalue weighted by Gasteiger charge is -2.16. The van der Waals surface area contributed by atoms with Gasteiger partial charge in [0.15, 0.2) is 5.03 Å².